The molecule has 1 amide bonds. The van der Waals surface area contributed by atoms with Gasteiger partial charge in [-0.2, -0.15) is 0 Å². The standard InChI is InChI=1S/C21H18FN5O2/c1-24-19-15-10-26-18(21(5-6-21)20(23)28)8-14(15)12(9-27-19)3-4-13-7-16(22)17(29-2)11-25-13/h7-11H,5-6H2,1-2H3,(H2,23,28)(H,24,27). The molecule has 1 aliphatic carbocycles. The summed E-state index contributed by atoms with van der Waals surface area (Å²) in [6, 6.07) is 3.05. The number of aromatic nitrogens is 3. The highest BCUT2D eigenvalue weighted by Crippen LogP contribution is 2.47. The first-order valence-corrected chi connectivity index (χ1v) is 8.97. The number of rotatable bonds is 4. The Morgan fingerprint density at radius 3 is 2.59 bits per heavy atom. The highest BCUT2D eigenvalue weighted by molar-refractivity contribution is 5.97. The van der Waals surface area contributed by atoms with Crippen LogP contribution in [0.15, 0.2) is 30.7 Å². The average molecular weight is 391 g/mol. The van der Waals surface area contributed by atoms with E-state index in [0.717, 1.165) is 10.8 Å². The molecule has 0 saturated heterocycles. The van der Waals surface area contributed by atoms with Gasteiger partial charge >= 0.3 is 0 Å². The zero-order chi connectivity index (χ0) is 20.6. The quantitative estimate of drug-likeness (QED) is 0.661. The van der Waals surface area contributed by atoms with Gasteiger partial charge < -0.3 is 15.8 Å². The lowest BCUT2D eigenvalue weighted by atomic mass is 9.98. The minimum Gasteiger partial charge on any atom is -0.492 e. The fourth-order valence-corrected chi connectivity index (χ4v) is 3.22. The number of carbonyl (C=O) groups is 1. The molecule has 0 radical (unpaired) electrons. The van der Waals surface area contributed by atoms with E-state index in [1.54, 1.807) is 19.4 Å². The Kier molecular flexibility index (Phi) is 4.51. The van der Waals surface area contributed by atoms with Crippen LogP contribution in [0.5, 0.6) is 5.75 Å². The van der Waals surface area contributed by atoms with Crippen molar-refractivity contribution in [2.45, 2.75) is 18.3 Å². The number of carbonyl (C=O) groups excluding carboxylic acids is 1. The number of pyridine rings is 3. The van der Waals surface area contributed by atoms with Crippen molar-refractivity contribution in [2.75, 3.05) is 19.5 Å². The molecule has 7 nitrogen and oxygen atoms in total. The van der Waals surface area contributed by atoms with Gasteiger partial charge in [-0.1, -0.05) is 5.92 Å². The molecule has 0 unspecified atom stereocenters. The first-order chi connectivity index (χ1) is 14.0. The van der Waals surface area contributed by atoms with Gasteiger partial charge in [0.25, 0.3) is 0 Å². The highest BCUT2D eigenvalue weighted by Gasteiger charge is 2.51. The molecule has 0 spiro atoms. The predicted octanol–water partition coefficient (Wildman–Crippen LogP) is 2.13. The van der Waals surface area contributed by atoms with Crippen LogP contribution in [0.4, 0.5) is 10.2 Å². The number of nitrogens with two attached hydrogens (primary N) is 1. The molecular formula is C21H18FN5O2. The Morgan fingerprint density at radius 2 is 1.97 bits per heavy atom. The summed E-state index contributed by atoms with van der Waals surface area (Å²) in [5, 5.41) is 4.56. The third-order valence-electron chi connectivity index (χ3n) is 5.09. The number of nitrogens with one attached hydrogen (secondary N) is 1. The normalized spacial score (nSPS) is 14.0. The van der Waals surface area contributed by atoms with E-state index in [1.807, 2.05) is 6.07 Å². The molecule has 8 heteroatoms. The fourth-order valence-electron chi connectivity index (χ4n) is 3.22. The highest BCUT2D eigenvalue weighted by atomic mass is 19.1. The molecule has 3 aromatic rings. The summed E-state index contributed by atoms with van der Waals surface area (Å²) in [7, 11) is 3.13. The van der Waals surface area contributed by atoms with Crippen molar-refractivity contribution in [2.24, 2.45) is 5.73 Å². The molecule has 0 bridgehead atoms. The fraction of sp³-hybridized carbons (Fsp3) is 0.238. The van der Waals surface area contributed by atoms with E-state index in [0.29, 0.717) is 29.9 Å². The van der Waals surface area contributed by atoms with Crippen LogP contribution in [-0.4, -0.2) is 35.0 Å². The van der Waals surface area contributed by atoms with E-state index in [1.165, 1.54) is 19.4 Å². The number of amides is 1. The van der Waals surface area contributed by atoms with Crippen LogP contribution in [0.1, 0.15) is 29.8 Å². The molecule has 0 atom stereocenters. The number of halogens is 1. The summed E-state index contributed by atoms with van der Waals surface area (Å²) in [5.41, 5.74) is 6.39. The molecule has 0 aromatic carbocycles. The Balaban J connectivity index is 1.82. The van der Waals surface area contributed by atoms with Crippen LogP contribution in [0.3, 0.4) is 0 Å². The SMILES string of the molecule is CNc1ncc(C#Cc2cc(F)c(OC)cn2)c2cc(C3(C(N)=O)CC3)ncc12. The summed E-state index contributed by atoms with van der Waals surface area (Å²) in [6.45, 7) is 0. The van der Waals surface area contributed by atoms with Crippen LogP contribution in [0, 0.1) is 17.7 Å². The number of nitrogens with zero attached hydrogens (tertiary/aromatic N) is 3. The summed E-state index contributed by atoms with van der Waals surface area (Å²) in [6.07, 6.45) is 5.94. The zero-order valence-electron chi connectivity index (χ0n) is 15.9. The van der Waals surface area contributed by atoms with Gasteiger partial charge in [0.15, 0.2) is 11.6 Å². The molecule has 3 heterocycles. The van der Waals surface area contributed by atoms with Crippen LogP contribution < -0.4 is 15.8 Å². The maximum atomic E-state index is 13.9. The van der Waals surface area contributed by atoms with E-state index in [2.05, 4.69) is 32.1 Å². The van der Waals surface area contributed by atoms with Crippen molar-refractivity contribution >= 4 is 22.5 Å². The predicted molar refractivity (Wildman–Crippen MR) is 106 cm³/mol. The first kappa shape index (κ1) is 18.6. The zero-order valence-corrected chi connectivity index (χ0v) is 15.9. The third kappa shape index (κ3) is 3.21. The number of hydrogen-bond donors (Lipinski definition) is 2. The largest absolute Gasteiger partial charge is 0.492 e. The summed E-state index contributed by atoms with van der Waals surface area (Å²) < 4.78 is 18.8. The molecule has 3 N–H and O–H groups in total. The Bertz CT molecular complexity index is 1190. The first-order valence-electron chi connectivity index (χ1n) is 8.97. The number of methoxy groups -OCH3 is 1. The molecule has 1 fully saturated rings. The van der Waals surface area contributed by atoms with Crippen molar-refractivity contribution in [3.63, 3.8) is 0 Å². The van der Waals surface area contributed by atoms with Crippen LogP contribution in [0.2, 0.25) is 0 Å². The molecular weight excluding hydrogens is 373 g/mol. The Hall–Kier alpha value is -3.73. The van der Waals surface area contributed by atoms with Gasteiger partial charge in [-0.3, -0.25) is 9.78 Å². The summed E-state index contributed by atoms with van der Waals surface area (Å²) in [5.74, 6) is 5.62. The molecule has 3 aromatic heterocycles. The minimum atomic E-state index is -0.706. The van der Waals surface area contributed by atoms with E-state index in [-0.39, 0.29) is 17.4 Å². The van der Waals surface area contributed by atoms with Crippen molar-refractivity contribution in [3.05, 3.63) is 53.5 Å². The van der Waals surface area contributed by atoms with Gasteiger partial charge in [0.1, 0.15) is 11.5 Å². The van der Waals surface area contributed by atoms with Gasteiger partial charge in [0, 0.05) is 36.3 Å². The van der Waals surface area contributed by atoms with Crippen molar-refractivity contribution < 1.29 is 13.9 Å². The van der Waals surface area contributed by atoms with Gasteiger partial charge in [-0.05, 0) is 24.8 Å². The van der Waals surface area contributed by atoms with Gasteiger partial charge in [0.05, 0.1) is 30.0 Å². The topological polar surface area (TPSA) is 103 Å². The molecule has 4 rings (SSSR count). The maximum Gasteiger partial charge on any atom is 0.229 e. The number of hydrogen-bond acceptors (Lipinski definition) is 6. The summed E-state index contributed by atoms with van der Waals surface area (Å²) in [4.78, 5) is 24.8. The second-order valence-electron chi connectivity index (χ2n) is 6.79. The van der Waals surface area contributed by atoms with Crippen LogP contribution >= 0.6 is 0 Å². The second kappa shape index (κ2) is 7.02. The van der Waals surface area contributed by atoms with E-state index in [4.69, 9.17) is 10.5 Å². The number of ether oxygens (including phenoxy) is 1. The monoisotopic (exact) mass is 391 g/mol. The van der Waals surface area contributed by atoms with Crippen molar-refractivity contribution in [1.29, 1.82) is 0 Å². The smallest absolute Gasteiger partial charge is 0.229 e. The Labute approximate surface area is 166 Å². The molecule has 29 heavy (non-hydrogen) atoms. The van der Waals surface area contributed by atoms with Crippen molar-refractivity contribution in [1.82, 2.24) is 15.0 Å². The van der Waals surface area contributed by atoms with Gasteiger partial charge in [-0.25, -0.2) is 14.4 Å². The number of primary amides is 1. The number of anilines is 1. The third-order valence-corrected chi connectivity index (χ3v) is 5.09. The van der Waals surface area contributed by atoms with E-state index < -0.39 is 11.2 Å². The molecule has 1 saturated carbocycles. The molecule has 0 aliphatic heterocycles. The lowest BCUT2D eigenvalue weighted by molar-refractivity contribution is -0.120. The van der Waals surface area contributed by atoms with E-state index >= 15 is 0 Å². The maximum absolute atomic E-state index is 13.9. The molecule has 146 valence electrons. The summed E-state index contributed by atoms with van der Waals surface area (Å²) >= 11 is 0. The molecule has 1 aliphatic rings. The van der Waals surface area contributed by atoms with Crippen LogP contribution in [-0.2, 0) is 10.2 Å². The average Bonchev–Trinajstić information content (AvgIpc) is 3.54. The van der Waals surface area contributed by atoms with Crippen LogP contribution in [0.25, 0.3) is 10.8 Å². The van der Waals surface area contributed by atoms with Gasteiger partial charge in [0.2, 0.25) is 5.91 Å². The minimum absolute atomic E-state index is 0.0536. The second-order valence-corrected chi connectivity index (χ2v) is 6.79. The Morgan fingerprint density at radius 1 is 1.17 bits per heavy atom. The van der Waals surface area contributed by atoms with E-state index in [9.17, 15) is 9.18 Å². The number of fused-ring (bicyclic) bond motifs is 1. The van der Waals surface area contributed by atoms with Gasteiger partial charge in [-0.15, -0.1) is 0 Å². The lowest BCUT2D eigenvalue weighted by Crippen LogP contribution is -2.29. The van der Waals surface area contributed by atoms with Crippen molar-refractivity contribution in [3.8, 4) is 17.6 Å². The lowest BCUT2D eigenvalue weighted by Gasteiger charge is -2.13.